The van der Waals surface area contributed by atoms with Gasteiger partial charge < -0.3 is 20.2 Å². The summed E-state index contributed by atoms with van der Waals surface area (Å²) in [5.41, 5.74) is 8.94. The molecular weight excluding hydrogens is 793 g/mol. The number of hydrogen-bond donors (Lipinski definition) is 3. The van der Waals surface area contributed by atoms with Crippen molar-refractivity contribution >= 4 is 0 Å². The Hall–Kier alpha value is -3.18. The summed E-state index contributed by atoms with van der Waals surface area (Å²) in [5, 5.41) is 37.1. The van der Waals surface area contributed by atoms with Crippen LogP contribution in [0.15, 0.2) is 36.4 Å². The first-order valence-corrected chi connectivity index (χ1v) is 26.0. The van der Waals surface area contributed by atoms with Crippen LogP contribution in [-0.4, -0.2) is 124 Å². The molecular formula is C55H84N6O3. The Labute approximate surface area is 387 Å². The predicted octanol–water partition coefficient (Wildman–Crippen LogP) is 9.93. The lowest BCUT2D eigenvalue weighted by molar-refractivity contribution is 0.212. The van der Waals surface area contributed by atoms with Gasteiger partial charge in [-0.1, -0.05) is 39.0 Å². The highest BCUT2D eigenvalue weighted by molar-refractivity contribution is 5.60. The van der Waals surface area contributed by atoms with E-state index in [2.05, 4.69) is 86.7 Å². The van der Waals surface area contributed by atoms with Gasteiger partial charge in [0.2, 0.25) is 0 Å². The molecule has 3 aromatic carbocycles. The fourth-order valence-corrected chi connectivity index (χ4v) is 11.9. The lowest BCUT2D eigenvalue weighted by Crippen LogP contribution is -2.33. The Morgan fingerprint density at radius 1 is 0.406 bits per heavy atom. The van der Waals surface area contributed by atoms with Crippen molar-refractivity contribution in [3.8, 4) is 17.2 Å². The molecule has 8 rings (SSSR count). The van der Waals surface area contributed by atoms with Crippen LogP contribution in [0.3, 0.4) is 0 Å². The first kappa shape index (κ1) is 47.3. The second-order valence-corrected chi connectivity index (χ2v) is 21.0. The molecule has 5 aliphatic rings. The highest BCUT2D eigenvalue weighted by Crippen LogP contribution is 2.46. The van der Waals surface area contributed by atoms with Crippen LogP contribution in [0, 0.1) is 0 Å². The molecule has 5 saturated heterocycles. The van der Waals surface area contributed by atoms with Crippen LogP contribution >= 0.6 is 0 Å². The van der Waals surface area contributed by atoms with Gasteiger partial charge in [-0.15, -0.1) is 0 Å². The zero-order valence-corrected chi connectivity index (χ0v) is 40.3. The molecule has 0 saturated carbocycles. The number of hydrogen-bond acceptors (Lipinski definition) is 9. The fourth-order valence-electron chi connectivity index (χ4n) is 11.9. The van der Waals surface area contributed by atoms with Crippen LogP contribution in [0.4, 0.5) is 0 Å². The Morgan fingerprint density at radius 3 is 0.891 bits per heavy atom. The van der Waals surface area contributed by atoms with Crippen LogP contribution in [0.1, 0.15) is 167 Å². The summed E-state index contributed by atoms with van der Waals surface area (Å²) in [6, 6.07) is 14.1. The normalized spacial score (nSPS) is 20.6. The van der Waals surface area contributed by atoms with Gasteiger partial charge in [0.1, 0.15) is 17.2 Å². The molecule has 5 heterocycles. The third kappa shape index (κ3) is 11.7. The maximum absolute atomic E-state index is 12.4. The molecule has 352 valence electrons. The lowest BCUT2D eigenvalue weighted by atomic mass is 9.68. The van der Waals surface area contributed by atoms with Crippen molar-refractivity contribution in [3.63, 3.8) is 0 Å². The molecule has 9 nitrogen and oxygen atoms in total. The van der Waals surface area contributed by atoms with Gasteiger partial charge in [0.25, 0.3) is 0 Å². The molecule has 0 aliphatic carbocycles. The van der Waals surface area contributed by atoms with E-state index in [1.807, 2.05) is 0 Å². The van der Waals surface area contributed by atoms with Crippen LogP contribution in [-0.2, 0) is 44.7 Å². The van der Waals surface area contributed by atoms with E-state index in [0.29, 0.717) is 23.8 Å². The molecule has 0 atom stereocenters. The number of nitrogens with zero attached hydrogens (tertiary/aromatic N) is 6. The van der Waals surface area contributed by atoms with Gasteiger partial charge in [0.05, 0.1) is 0 Å². The van der Waals surface area contributed by atoms with Crippen molar-refractivity contribution in [2.24, 2.45) is 0 Å². The SMILES string of the molecule is CCCN(C)Cc1cc(C(C)(c2cc(CN3CCCCC3)c(O)c(CN3CCCCC3)c2)c2cc(CN3CCCCC3)c(O)c(CN3CCCCC3)c2)cc(CN2CCCCC2)c1O. The minimum Gasteiger partial charge on any atom is -0.507 e. The summed E-state index contributed by atoms with van der Waals surface area (Å²) < 4.78 is 0. The second kappa shape index (κ2) is 22.5. The summed E-state index contributed by atoms with van der Waals surface area (Å²) in [7, 11) is 2.18. The summed E-state index contributed by atoms with van der Waals surface area (Å²) in [6.07, 6.45) is 19.4. The van der Waals surface area contributed by atoms with E-state index < -0.39 is 5.41 Å². The highest BCUT2D eigenvalue weighted by atomic mass is 16.3. The van der Waals surface area contributed by atoms with E-state index in [9.17, 15) is 15.3 Å². The molecule has 3 N–H and O–H groups in total. The van der Waals surface area contributed by atoms with Gasteiger partial charge in [-0.05, 0) is 210 Å². The van der Waals surface area contributed by atoms with E-state index in [-0.39, 0.29) is 0 Å². The van der Waals surface area contributed by atoms with E-state index in [0.717, 1.165) is 145 Å². The lowest BCUT2D eigenvalue weighted by Gasteiger charge is -2.37. The molecule has 0 radical (unpaired) electrons. The topological polar surface area (TPSA) is 80.1 Å². The maximum Gasteiger partial charge on any atom is 0.124 e. The molecule has 5 fully saturated rings. The van der Waals surface area contributed by atoms with Gasteiger partial charge in [-0.2, -0.15) is 0 Å². The Balaban J connectivity index is 1.35. The third-order valence-corrected chi connectivity index (χ3v) is 15.8. The van der Waals surface area contributed by atoms with Crippen molar-refractivity contribution < 1.29 is 15.3 Å². The van der Waals surface area contributed by atoms with Crippen molar-refractivity contribution in [2.75, 3.05) is 79.0 Å². The Bertz CT molecular complexity index is 1780. The van der Waals surface area contributed by atoms with Crippen LogP contribution < -0.4 is 0 Å². The molecule has 0 unspecified atom stereocenters. The average Bonchev–Trinajstić information content (AvgIpc) is 3.31. The van der Waals surface area contributed by atoms with Gasteiger partial charge in [0.15, 0.2) is 0 Å². The summed E-state index contributed by atoms with van der Waals surface area (Å²) in [4.78, 5) is 15.1. The second-order valence-electron chi connectivity index (χ2n) is 21.0. The fraction of sp³-hybridized carbons (Fsp3) is 0.673. The van der Waals surface area contributed by atoms with Crippen molar-refractivity contribution in [2.45, 2.75) is 161 Å². The largest absolute Gasteiger partial charge is 0.507 e. The van der Waals surface area contributed by atoms with E-state index in [1.54, 1.807) is 0 Å². The van der Waals surface area contributed by atoms with Gasteiger partial charge >= 0.3 is 0 Å². The zero-order chi connectivity index (χ0) is 44.5. The smallest absolute Gasteiger partial charge is 0.124 e. The van der Waals surface area contributed by atoms with Gasteiger partial charge in [-0.3, -0.25) is 24.5 Å². The first-order valence-electron chi connectivity index (χ1n) is 26.0. The molecule has 0 bridgehead atoms. The molecule has 0 aromatic heterocycles. The van der Waals surface area contributed by atoms with Crippen LogP contribution in [0.2, 0.25) is 0 Å². The number of phenolic OH excluding ortho intramolecular Hbond substituents is 3. The van der Waals surface area contributed by atoms with Gasteiger partial charge in [0, 0.05) is 78.1 Å². The van der Waals surface area contributed by atoms with E-state index in [1.165, 1.54) is 113 Å². The minimum atomic E-state index is -0.676. The van der Waals surface area contributed by atoms with Crippen LogP contribution in [0.25, 0.3) is 0 Å². The van der Waals surface area contributed by atoms with Gasteiger partial charge in [-0.25, -0.2) is 0 Å². The maximum atomic E-state index is 12.4. The Morgan fingerprint density at radius 2 is 0.641 bits per heavy atom. The summed E-state index contributed by atoms with van der Waals surface area (Å²) in [6.45, 7) is 20.6. The van der Waals surface area contributed by atoms with E-state index >= 15 is 0 Å². The molecule has 5 aliphatic heterocycles. The molecule has 0 amide bonds. The summed E-state index contributed by atoms with van der Waals surface area (Å²) in [5.74, 6) is 1.36. The van der Waals surface area contributed by atoms with Crippen molar-refractivity contribution in [1.29, 1.82) is 0 Å². The molecule has 64 heavy (non-hydrogen) atoms. The number of benzene rings is 3. The summed E-state index contributed by atoms with van der Waals surface area (Å²) >= 11 is 0. The quantitative estimate of drug-likeness (QED) is 0.115. The number of likely N-dealkylation sites (tertiary alicyclic amines) is 5. The van der Waals surface area contributed by atoms with Crippen molar-refractivity contribution in [1.82, 2.24) is 29.4 Å². The minimum absolute atomic E-state index is 0.434. The van der Waals surface area contributed by atoms with Crippen LogP contribution in [0.5, 0.6) is 17.2 Å². The standard InChI is InChI=1S/C55H84N6O3/c1-4-20-56(3)37-43-31-49(32-44(52(43)62)38-57-21-10-5-11-22-57)55(2,50-33-45(39-58-23-12-6-13-24-58)53(63)46(34-50)40-59-25-14-7-15-26-59)51-35-47(41-60-27-16-8-17-28-60)54(64)48(36-51)42-61-29-18-9-19-30-61/h31-36,62-64H,4-30,37-42H2,1-3H3. The molecule has 3 aromatic rings. The number of rotatable bonds is 17. The number of aromatic hydroxyl groups is 3. The Kier molecular flexibility index (Phi) is 16.7. The zero-order valence-electron chi connectivity index (χ0n) is 40.3. The molecule has 0 spiro atoms. The highest BCUT2D eigenvalue weighted by Gasteiger charge is 2.37. The van der Waals surface area contributed by atoms with E-state index in [4.69, 9.17) is 0 Å². The molecule has 9 heteroatoms. The van der Waals surface area contributed by atoms with Crippen molar-refractivity contribution in [3.05, 3.63) is 86.5 Å². The number of phenols is 3. The predicted molar refractivity (Wildman–Crippen MR) is 262 cm³/mol. The average molecular weight is 877 g/mol. The monoisotopic (exact) mass is 877 g/mol. The third-order valence-electron chi connectivity index (χ3n) is 15.8. The first-order chi connectivity index (χ1) is 31.2. The number of piperidine rings is 5.